The van der Waals surface area contributed by atoms with Crippen molar-refractivity contribution in [3.8, 4) is 5.75 Å². The van der Waals surface area contributed by atoms with Crippen LogP contribution in [0.2, 0.25) is 0 Å². The van der Waals surface area contributed by atoms with Gasteiger partial charge in [-0.25, -0.2) is 9.59 Å². The molecule has 6 nitrogen and oxygen atoms in total. The zero-order valence-corrected chi connectivity index (χ0v) is 16.3. The van der Waals surface area contributed by atoms with Gasteiger partial charge in [0.15, 0.2) is 0 Å². The van der Waals surface area contributed by atoms with Crippen molar-refractivity contribution in [2.75, 3.05) is 7.11 Å². The summed E-state index contributed by atoms with van der Waals surface area (Å²) in [6.45, 7) is 4.09. The zero-order valence-electron chi connectivity index (χ0n) is 16.3. The second-order valence-corrected chi connectivity index (χ2v) is 6.67. The number of aliphatic hydroxyl groups excluding tert-OH is 1. The lowest BCUT2D eigenvalue weighted by Crippen LogP contribution is -2.04. The third-order valence-corrected chi connectivity index (χ3v) is 4.78. The maximum Gasteiger partial charge on any atom is 0.373 e. The minimum absolute atomic E-state index is 0.164. The summed E-state index contributed by atoms with van der Waals surface area (Å²) in [7, 11) is 1.17. The van der Waals surface area contributed by atoms with Crippen LogP contribution in [0.1, 0.15) is 27.0 Å². The quantitative estimate of drug-likeness (QED) is 0.316. The van der Waals surface area contributed by atoms with E-state index in [0.29, 0.717) is 33.0 Å². The van der Waals surface area contributed by atoms with Crippen LogP contribution < -0.4 is 0 Å². The summed E-state index contributed by atoms with van der Waals surface area (Å²) in [5.74, 6) is -2.96. The van der Waals surface area contributed by atoms with E-state index >= 15 is 0 Å². The van der Waals surface area contributed by atoms with Crippen molar-refractivity contribution in [3.63, 3.8) is 0 Å². The van der Waals surface area contributed by atoms with Gasteiger partial charge in [-0.3, -0.25) is 0 Å². The molecule has 0 aliphatic rings. The number of rotatable bonds is 6. The zero-order chi connectivity index (χ0) is 21.8. The number of methoxy groups -OCH3 is 1. The van der Waals surface area contributed by atoms with Crippen molar-refractivity contribution >= 4 is 34.4 Å². The highest BCUT2D eigenvalue weighted by molar-refractivity contribution is 6.00. The van der Waals surface area contributed by atoms with Crippen LogP contribution in [0, 0.1) is 0 Å². The highest BCUT2D eigenvalue weighted by atomic mass is 16.5. The molecule has 0 saturated carbocycles. The molecule has 3 N–H and O–H groups in total. The Morgan fingerprint density at radius 2 is 1.70 bits per heavy atom. The fourth-order valence-corrected chi connectivity index (χ4v) is 3.32. The number of hydrogen-bond acceptors (Lipinski definition) is 5. The standard InChI is InChI=1S/C24H20O6/c1-14(17-9-5-3-8-16(17)13-21(25)24(29)30-2)11-19-18-10-6-4-7-15(18)12-20(22(19)26)23(27)28/h3-10,12-13,25-26H,1,11H2,2H3,(H,27,28)/b21-13-. The first-order valence-corrected chi connectivity index (χ1v) is 9.06. The minimum Gasteiger partial charge on any atom is -0.507 e. The second-order valence-electron chi connectivity index (χ2n) is 6.67. The average molecular weight is 404 g/mol. The number of aromatic carboxylic acids is 1. The number of carboxylic acids is 1. The molecule has 0 saturated heterocycles. The van der Waals surface area contributed by atoms with Crippen LogP contribution in [0.3, 0.4) is 0 Å². The van der Waals surface area contributed by atoms with Gasteiger partial charge in [-0.1, -0.05) is 55.1 Å². The lowest BCUT2D eigenvalue weighted by molar-refractivity contribution is -0.138. The smallest absolute Gasteiger partial charge is 0.373 e. The number of aromatic hydroxyl groups is 1. The molecule has 0 aliphatic heterocycles. The Bertz CT molecular complexity index is 1190. The number of fused-ring (bicyclic) bond motifs is 1. The van der Waals surface area contributed by atoms with E-state index in [1.165, 1.54) is 19.3 Å². The number of hydrogen-bond donors (Lipinski definition) is 3. The van der Waals surface area contributed by atoms with Crippen molar-refractivity contribution in [2.24, 2.45) is 0 Å². The van der Waals surface area contributed by atoms with Gasteiger partial charge in [0.25, 0.3) is 0 Å². The molecular formula is C24H20O6. The second kappa shape index (κ2) is 8.53. The van der Waals surface area contributed by atoms with Gasteiger partial charge < -0.3 is 20.1 Å². The Hall–Kier alpha value is -4.06. The van der Waals surface area contributed by atoms with E-state index in [-0.39, 0.29) is 17.7 Å². The van der Waals surface area contributed by atoms with Crippen LogP contribution in [0.5, 0.6) is 5.75 Å². The molecule has 3 rings (SSSR count). The number of phenols is 1. The van der Waals surface area contributed by atoms with Gasteiger partial charge >= 0.3 is 11.9 Å². The Labute approximate surface area is 173 Å². The highest BCUT2D eigenvalue weighted by Crippen LogP contribution is 2.35. The first-order chi connectivity index (χ1) is 14.3. The van der Waals surface area contributed by atoms with Gasteiger partial charge in [-0.05, 0) is 39.6 Å². The largest absolute Gasteiger partial charge is 0.507 e. The number of carbonyl (C=O) groups is 2. The van der Waals surface area contributed by atoms with Crippen molar-refractivity contribution in [3.05, 3.63) is 89.2 Å². The van der Waals surface area contributed by atoms with Crippen molar-refractivity contribution in [1.29, 1.82) is 0 Å². The number of allylic oxidation sites excluding steroid dienone is 1. The van der Waals surface area contributed by atoms with Crippen LogP contribution in [0.15, 0.2) is 66.9 Å². The third-order valence-electron chi connectivity index (χ3n) is 4.78. The van der Waals surface area contributed by atoms with Crippen LogP contribution >= 0.6 is 0 Å². The summed E-state index contributed by atoms with van der Waals surface area (Å²) in [5.41, 5.74) is 1.99. The third kappa shape index (κ3) is 4.03. The molecule has 0 bridgehead atoms. The number of ether oxygens (including phenoxy) is 1. The molecule has 152 valence electrons. The monoisotopic (exact) mass is 404 g/mol. The normalized spacial score (nSPS) is 11.3. The van der Waals surface area contributed by atoms with E-state index in [1.54, 1.807) is 48.5 Å². The molecule has 0 radical (unpaired) electrons. The highest BCUT2D eigenvalue weighted by Gasteiger charge is 2.19. The summed E-state index contributed by atoms with van der Waals surface area (Å²) in [6, 6.07) is 15.6. The molecule has 3 aromatic carbocycles. The van der Waals surface area contributed by atoms with Crippen molar-refractivity contribution < 1.29 is 29.6 Å². The summed E-state index contributed by atoms with van der Waals surface area (Å²) >= 11 is 0. The molecule has 0 amide bonds. The predicted molar refractivity (Wildman–Crippen MR) is 114 cm³/mol. The Morgan fingerprint density at radius 1 is 1.03 bits per heavy atom. The number of aliphatic hydroxyl groups is 1. The Balaban J connectivity index is 2.08. The molecule has 3 aromatic rings. The Morgan fingerprint density at radius 3 is 2.40 bits per heavy atom. The average Bonchev–Trinajstić information content (AvgIpc) is 2.74. The maximum absolute atomic E-state index is 11.6. The minimum atomic E-state index is -1.23. The molecule has 0 spiro atoms. The van der Waals surface area contributed by atoms with Gasteiger partial charge in [0, 0.05) is 12.0 Å². The number of benzene rings is 3. The SMILES string of the molecule is C=C(Cc1c(O)c(C(=O)O)cc2ccccc12)c1ccccc1/C=C(\O)C(=O)OC. The van der Waals surface area contributed by atoms with Gasteiger partial charge in [-0.2, -0.15) is 0 Å². The van der Waals surface area contributed by atoms with Gasteiger partial charge in [0.1, 0.15) is 11.3 Å². The van der Waals surface area contributed by atoms with E-state index < -0.39 is 17.7 Å². The molecule has 30 heavy (non-hydrogen) atoms. The summed E-state index contributed by atoms with van der Waals surface area (Å²) in [4.78, 5) is 23.1. The number of carbonyl (C=O) groups excluding carboxylic acids is 1. The first-order valence-electron chi connectivity index (χ1n) is 9.06. The van der Waals surface area contributed by atoms with Crippen LogP contribution in [0.4, 0.5) is 0 Å². The summed E-state index contributed by atoms with van der Waals surface area (Å²) in [5, 5.41) is 31.4. The molecule has 0 aromatic heterocycles. The molecule has 0 atom stereocenters. The van der Waals surface area contributed by atoms with Crippen LogP contribution in [0.25, 0.3) is 22.4 Å². The van der Waals surface area contributed by atoms with E-state index in [9.17, 15) is 24.9 Å². The number of esters is 1. The summed E-state index contributed by atoms with van der Waals surface area (Å²) < 4.78 is 4.51. The van der Waals surface area contributed by atoms with Gasteiger partial charge in [0.05, 0.1) is 7.11 Å². The number of carboxylic acid groups (broad SMARTS) is 1. The molecule has 0 aliphatic carbocycles. The molecule has 0 fully saturated rings. The topological polar surface area (TPSA) is 104 Å². The van der Waals surface area contributed by atoms with Crippen LogP contribution in [-0.2, 0) is 16.0 Å². The van der Waals surface area contributed by atoms with E-state index in [4.69, 9.17) is 0 Å². The predicted octanol–water partition coefficient (Wildman–Crippen LogP) is 4.57. The Kier molecular flexibility index (Phi) is 5.88. The van der Waals surface area contributed by atoms with E-state index in [2.05, 4.69) is 11.3 Å². The lowest BCUT2D eigenvalue weighted by atomic mass is 9.90. The van der Waals surface area contributed by atoms with Gasteiger partial charge in [0.2, 0.25) is 5.76 Å². The van der Waals surface area contributed by atoms with Crippen LogP contribution in [-0.4, -0.2) is 34.4 Å². The molecular weight excluding hydrogens is 384 g/mol. The molecule has 0 unspecified atom stereocenters. The van der Waals surface area contributed by atoms with Gasteiger partial charge in [-0.15, -0.1) is 0 Å². The lowest BCUT2D eigenvalue weighted by Gasteiger charge is -2.15. The molecule has 6 heteroatoms. The van der Waals surface area contributed by atoms with Crippen molar-refractivity contribution in [2.45, 2.75) is 6.42 Å². The van der Waals surface area contributed by atoms with E-state index in [0.717, 1.165) is 0 Å². The van der Waals surface area contributed by atoms with E-state index in [1.807, 2.05) is 0 Å². The summed E-state index contributed by atoms with van der Waals surface area (Å²) in [6.07, 6.45) is 1.44. The van der Waals surface area contributed by atoms with Crippen molar-refractivity contribution in [1.82, 2.24) is 0 Å². The molecule has 0 heterocycles. The maximum atomic E-state index is 11.6. The fraction of sp³-hybridized carbons (Fsp3) is 0.0833. The first kappa shape index (κ1) is 20.7. The fourth-order valence-electron chi connectivity index (χ4n) is 3.32.